The van der Waals surface area contributed by atoms with Crippen LogP contribution in [0.2, 0.25) is 0 Å². The number of esters is 1. The van der Waals surface area contributed by atoms with Crippen molar-refractivity contribution in [2.24, 2.45) is 0 Å². The average Bonchev–Trinajstić information content (AvgIpc) is 2.87. The van der Waals surface area contributed by atoms with E-state index in [4.69, 9.17) is 18.6 Å². The molecule has 4 rings (SSSR count). The fraction of sp³-hybridized carbons (Fsp3) is 0.154. The zero-order chi connectivity index (χ0) is 27.8. The third-order valence-corrected chi connectivity index (χ3v) is 5.63. The second kappa shape index (κ2) is 9.88. The average molecular weight is 529 g/mol. The van der Waals surface area contributed by atoms with Crippen molar-refractivity contribution in [1.82, 2.24) is 0 Å². The molecule has 1 aromatic heterocycles. The van der Waals surface area contributed by atoms with Crippen LogP contribution in [0, 0.1) is 17.0 Å². The summed E-state index contributed by atoms with van der Waals surface area (Å²) in [5.74, 6) is -2.29. The van der Waals surface area contributed by atoms with Crippen LogP contribution in [0.4, 0.5) is 18.9 Å². The number of methoxy groups -OCH3 is 2. The largest absolute Gasteiger partial charge is 0.493 e. The highest BCUT2D eigenvalue weighted by Crippen LogP contribution is 2.40. The van der Waals surface area contributed by atoms with Crippen LogP contribution in [0.25, 0.3) is 22.1 Å². The standard InChI is InChI=1S/C26H18F3NO8/c1-13-10-15(4-8-18(13)30(33)34)25(32)37-16-6-7-17-20(12-16)38-24(26(27,28)29)22(23(17)31)14-5-9-19(35-2)21(11-14)36-3/h4-12H,1-3H3. The van der Waals surface area contributed by atoms with E-state index < -0.39 is 39.4 Å². The fourth-order valence-corrected chi connectivity index (χ4v) is 3.84. The van der Waals surface area contributed by atoms with Crippen molar-refractivity contribution in [2.45, 2.75) is 13.1 Å². The molecule has 0 saturated heterocycles. The van der Waals surface area contributed by atoms with E-state index in [1.165, 1.54) is 63.6 Å². The molecule has 38 heavy (non-hydrogen) atoms. The molecule has 0 radical (unpaired) electrons. The number of ether oxygens (including phenoxy) is 3. The first-order valence-electron chi connectivity index (χ1n) is 10.8. The van der Waals surface area contributed by atoms with E-state index in [1.807, 2.05) is 0 Å². The van der Waals surface area contributed by atoms with Crippen LogP contribution in [0.3, 0.4) is 0 Å². The monoisotopic (exact) mass is 529 g/mol. The molecule has 0 fully saturated rings. The van der Waals surface area contributed by atoms with Gasteiger partial charge in [0.2, 0.25) is 11.2 Å². The summed E-state index contributed by atoms with van der Waals surface area (Å²) in [6.07, 6.45) is -5.04. The Hall–Kier alpha value is -4.87. The number of halogens is 3. The smallest absolute Gasteiger partial charge is 0.450 e. The molecule has 0 amide bonds. The number of carbonyl (C=O) groups is 1. The van der Waals surface area contributed by atoms with E-state index in [9.17, 15) is 32.9 Å². The topological polar surface area (TPSA) is 118 Å². The van der Waals surface area contributed by atoms with Gasteiger partial charge in [-0.15, -0.1) is 0 Å². The van der Waals surface area contributed by atoms with Crippen molar-refractivity contribution < 1.29 is 41.5 Å². The number of fused-ring (bicyclic) bond motifs is 1. The Morgan fingerprint density at radius 3 is 2.29 bits per heavy atom. The Balaban J connectivity index is 1.79. The molecule has 0 N–H and O–H groups in total. The highest BCUT2D eigenvalue weighted by Gasteiger charge is 2.39. The summed E-state index contributed by atoms with van der Waals surface area (Å²) in [7, 11) is 2.66. The van der Waals surface area contributed by atoms with E-state index >= 15 is 0 Å². The molecule has 0 spiro atoms. The van der Waals surface area contributed by atoms with E-state index in [1.54, 1.807) is 0 Å². The van der Waals surface area contributed by atoms with Crippen LogP contribution in [-0.4, -0.2) is 25.1 Å². The van der Waals surface area contributed by atoms with Gasteiger partial charge in [0, 0.05) is 17.7 Å². The molecule has 12 heteroatoms. The molecule has 0 unspecified atom stereocenters. The zero-order valence-corrected chi connectivity index (χ0v) is 20.0. The van der Waals surface area contributed by atoms with Crippen molar-refractivity contribution in [3.05, 3.63) is 91.8 Å². The first-order valence-corrected chi connectivity index (χ1v) is 10.8. The number of nitro groups is 1. The van der Waals surface area contributed by atoms with Crippen molar-refractivity contribution in [1.29, 1.82) is 0 Å². The molecule has 9 nitrogen and oxygen atoms in total. The molecular formula is C26H18F3NO8. The number of benzene rings is 3. The lowest BCUT2D eigenvalue weighted by Gasteiger charge is -2.15. The molecule has 0 aliphatic carbocycles. The number of nitrogens with zero attached hydrogens (tertiary/aromatic N) is 1. The number of alkyl halides is 3. The molecule has 0 bridgehead atoms. The van der Waals surface area contributed by atoms with Crippen LogP contribution in [0.5, 0.6) is 17.2 Å². The maximum Gasteiger partial charge on any atom is 0.450 e. The summed E-state index contributed by atoms with van der Waals surface area (Å²) in [5, 5.41) is 10.8. The molecule has 0 aliphatic rings. The Morgan fingerprint density at radius 1 is 0.974 bits per heavy atom. The summed E-state index contributed by atoms with van der Waals surface area (Å²) in [4.78, 5) is 36.2. The normalized spacial score (nSPS) is 11.3. The summed E-state index contributed by atoms with van der Waals surface area (Å²) in [6, 6.07) is 10.8. The predicted molar refractivity (Wildman–Crippen MR) is 129 cm³/mol. The number of nitro benzene ring substituents is 1. The molecule has 0 saturated carbocycles. The zero-order valence-electron chi connectivity index (χ0n) is 20.0. The molecule has 196 valence electrons. The quantitative estimate of drug-likeness (QED) is 0.131. The molecule has 0 atom stereocenters. The lowest BCUT2D eigenvalue weighted by atomic mass is 10.0. The Bertz CT molecular complexity index is 1640. The van der Waals surface area contributed by atoms with Crippen LogP contribution in [-0.2, 0) is 6.18 Å². The van der Waals surface area contributed by atoms with Crippen LogP contribution in [0.15, 0.2) is 63.8 Å². The van der Waals surface area contributed by atoms with Crippen molar-refractivity contribution in [3.63, 3.8) is 0 Å². The van der Waals surface area contributed by atoms with E-state index in [0.29, 0.717) is 0 Å². The van der Waals surface area contributed by atoms with E-state index in [0.717, 1.165) is 12.1 Å². The van der Waals surface area contributed by atoms with Gasteiger partial charge in [-0.05, 0) is 48.9 Å². The van der Waals surface area contributed by atoms with E-state index in [-0.39, 0.29) is 45.0 Å². The van der Waals surface area contributed by atoms with Gasteiger partial charge in [-0.3, -0.25) is 14.9 Å². The highest BCUT2D eigenvalue weighted by atomic mass is 19.4. The number of hydrogen-bond acceptors (Lipinski definition) is 8. The minimum Gasteiger partial charge on any atom is -0.493 e. The minimum absolute atomic E-state index is 0.0190. The Kier molecular flexibility index (Phi) is 6.81. The SMILES string of the molecule is COc1ccc(-c2c(C(F)(F)F)oc3cc(OC(=O)c4ccc([N+](=O)[O-])c(C)c4)ccc3c2=O)cc1OC. The van der Waals surface area contributed by atoms with Gasteiger partial charge in [-0.25, -0.2) is 4.79 Å². The maximum absolute atomic E-state index is 14.0. The molecule has 3 aromatic carbocycles. The number of hydrogen-bond donors (Lipinski definition) is 0. The molecule has 1 heterocycles. The minimum atomic E-state index is -5.04. The predicted octanol–water partition coefficient (Wildman–Crippen LogP) is 5.93. The van der Waals surface area contributed by atoms with Crippen molar-refractivity contribution in [2.75, 3.05) is 14.2 Å². The van der Waals surface area contributed by atoms with Gasteiger partial charge in [0.25, 0.3) is 5.69 Å². The second-order valence-corrected chi connectivity index (χ2v) is 8.01. The third kappa shape index (κ3) is 4.88. The van der Waals surface area contributed by atoms with E-state index in [2.05, 4.69) is 0 Å². The first kappa shape index (κ1) is 26.2. The van der Waals surface area contributed by atoms with Gasteiger partial charge < -0.3 is 18.6 Å². The summed E-state index contributed by atoms with van der Waals surface area (Å²) >= 11 is 0. The number of rotatable bonds is 6. The number of carbonyl (C=O) groups excluding carboxylic acids is 1. The van der Waals surface area contributed by atoms with Gasteiger partial charge in [0.05, 0.1) is 35.7 Å². The Labute approximate surface area is 212 Å². The summed E-state index contributed by atoms with van der Waals surface area (Å²) < 4.78 is 62.6. The first-order chi connectivity index (χ1) is 17.9. The maximum atomic E-state index is 14.0. The van der Waals surface area contributed by atoms with Crippen molar-refractivity contribution >= 4 is 22.6 Å². The lowest BCUT2D eigenvalue weighted by molar-refractivity contribution is -0.385. The van der Waals surface area contributed by atoms with Gasteiger partial charge in [-0.1, -0.05) is 6.07 Å². The summed E-state index contributed by atoms with van der Waals surface area (Å²) in [6.45, 7) is 1.44. The third-order valence-electron chi connectivity index (χ3n) is 5.63. The van der Waals surface area contributed by atoms with Gasteiger partial charge in [-0.2, -0.15) is 13.2 Å². The molecule has 0 aliphatic heterocycles. The highest BCUT2D eigenvalue weighted by molar-refractivity contribution is 5.92. The van der Waals surface area contributed by atoms with Gasteiger partial charge in [0.15, 0.2) is 11.5 Å². The van der Waals surface area contributed by atoms with Crippen LogP contribution in [0.1, 0.15) is 21.7 Å². The van der Waals surface area contributed by atoms with Crippen molar-refractivity contribution in [3.8, 4) is 28.4 Å². The summed E-state index contributed by atoms with van der Waals surface area (Å²) in [5.41, 5.74) is -2.25. The van der Waals surface area contributed by atoms with Gasteiger partial charge >= 0.3 is 12.1 Å². The molecule has 4 aromatic rings. The van der Waals surface area contributed by atoms with Gasteiger partial charge in [0.1, 0.15) is 11.3 Å². The Morgan fingerprint density at radius 2 is 1.68 bits per heavy atom. The number of aryl methyl sites for hydroxylation is 1. The van der Waals surface area contributed by atoms with Crippen LogP contribution >= 0.6 is 0 Å². The molecular weight excluding hydrogens is 511 g/mol. The lowest BCUT2D eigenvalue weighted by Crippen LogP contribution is -2.16. The van der Waals surface area contributed by atoms with Crippen LogP contribution < -0.4 is 19.6 Å². The fourth-order valence-electron chi connectivity index (χ4n) is 3.84. The second-order valence-electron chi connectivity index (χ2n) is 8.01.